The zero-order chi connectivity index (χ0) is 7.56. The number of rotatable bonds is 2. The molecule has 0 saturated carbocycles. The first-order valence-corrected chi connectivity index (χ1v) is 2.86. The number of hydrogen-bond donors (Lipinski definition) is 2. The van der Waals surface area contributed by atoms with Gasteiger partial charge in [0.2, 0.25) is 5.82 Å². The summed E-state index contributed by atoms with van der Waals surface area (Å²) in [6, 6.07) is 0. The lowest BCUT2D eigenvalue weighted by atomic mass is 10.3. The highest BCUT2D eigenvalue weighted by Gasteiger charge is 2.09. The number of halogens is 1. The van der Waals surface area contributed by atoms with Crippen molar-refractivity contribution >= 4 is 17.0 Å². The summed E-state index contributed by atoms with van der Waals surface area (Å²) in [7, 11) is 1.62. The lowest BCUT2D eigenvalue weighted by molar-refractivity contribution is 0.176. The minimum absolute atomic E-state index is 0. The van der Waals surface area contributed by atoms with Crippen LogP contribution in [0.25, 0.3) is 0 Å². The molecule has 1 unspecified atom stereocenters. The van der Waals surface area contributed by atoms with Gasteiger partial charge in [0, 0.05) is 6.54 Å². The molecule has 0 saturated heterocycles. The van der Waals surface area contributed by atoms with E-state index in [4.69, 9.17) is 10.8 Å². The maximum absolute atomic E-state index is 9.04. The molecule has 0 amide bonds. The zero-order valence-electron chi connectivity index (χ0n) is 6.01. The summed E-state index contributed by atoms with van der Waals surface area (Å²) in [6.07, 6.45) is -0.798. The molecule has 11 heavy (non-hydrogen) atoms. The van der Waals surface area contributed by atoms with Crippen molar-refractivity contribution < 1.29 is 5.11 Å². The van der Waals surface area contributed by atoms with Gasteiger partial charge in [0.1, 0.15) is 6.10 Å². The van der Waals surface area contributed by atoms with E-state index < -0.39 is 6.10 Å². The summed E-state index contributed by atoms with van der Waals surface area (Å²) in [4.78, 5) is 1.27. The molecule has 0 fully saturated rings. The molecule has 0 aromatic carbocycles. The van der Waals surface area contributed by atoms with Crippen LogP contribution in [0.1, 0.15) is 11.9 Å². The third-order valence-corrected chi connectivity index (χ3v) is 1.05. The number of aromatic nitrogens is 4. The number of aliphatic hydroxyl groups is 1. The number of hydrogen-bond acceptors (Lipinski definition) is 5. The number of tetrazole rings is 1. The molecule has 7 heteroatoms. The smallest absolute Gasteiger partial charge is 0.204 e. The van der Waals surface area contributed by atoms with Crippen molar-refractivity contribution in [2.24, 2.45) is 12.8 Å². The van der Waals surface area contributed by atoms with Gasteiger partial charge >= 0.3 is 0 Å². The second kappa shape index (κ2) is 4.37. The summed E-state index contributed by atoms with van der Waals surface area (Å²) in [6.45, 7) is 0.117. The average molecular weight is 224 g/mol. The van der Waals surface area contributed by atoms with Crippen molar-refractivity contribution in [2.75, 3.05) is 6.54 Å². The first kappa shape index (κ1) is 10.5. The van der Waals surface area contributed by atoms with Crippen LogP contribution in [0.2, 0.25) is 0 Å². The number of aryl methyl sites for hydroxylation is 1. The summed E-state index contributed by atoms with van der Waals surface area (Å²) < 4.78 is 0. The normalized spacial score (nSPS) is 12.3. The first-order valence-electron chi connectivity index (χ1n) is 2.86. The topological polar surface area (TPSA) is 89.8 Å². The maximum atomic E-state index is 9.04. The number of nitrogens with zero attached hydrogens (tertiary/aromatic N) is 4. The Morgan fingerprint density at radius 2 is 2.36 bits per heavy atom. The number of aliphatic hydroxyl groups excluding tert-OH is 1. The summed E-state index contributed by atoms with van der Waals surface area (Å²) in [5.41, 5.74) is 5.15. The minimum Gasteiger partial charge on any atom is -0.384 e. The van der Waals surface area contributed by atoms with Crippen molar-refractivity contribution in [3.63, 3.8) is 0 Å². The third-order valence-electron chi connectivity index (χ3n) is 1.05. The van der Waals surface area contributed by atoms with E-state index in [-0.39, 0.29) is 29.4 Å². The van der Waals surface area contributed by atoms with Gasteiger partial charge in [-0.2, -0.15) is 4.80 Å². The Morgan fingerprint density at radius 3 is 2.73 bits per heavy atom. The highest BCUT2D eigenvalue weighted by molar-refractivity contribution is 8.93. The number of nitrogens with two attached hydrogens (primary N) is 1. The maximum Gasteiger partial charge on any atom is 0.204 e. The molecule has 1 aromatic heterocycles. The van der Waals surface area contributed by atoms with Crippen LogP contribution in [0.4, 0.5) is 0 Å². The van der Waals surface area contributed by atoms with Crippen LogP contribution in [0.15, 0.2) is 0 Å². The highest BCUT2D eigenvalue weighted by Crippen LogP contribution is 2.00. The van der Waals surface area contributed by atoms with E-state index in [9.17, 15) is 0 Å². The summed E-state index contributed by atoms with van der Waals surface area (Å²) in [5.74, 6) is 0.269. The quantitative estimate of drug-likeness (QED) is 0.657. The molecular formula is C4H10BrN5O. The van der Waals surface area contributed by atoms with Gasteiger partial charge in [-0.05, 0) is 5.21 Å². The van der Waals surface area contributed by atoms with E-state index in [1.165, 1.54) is 4.80 Å². The molecule has 6 nitrogen and oxygen atoms in total. The second-order valence-electron chi connectivity index (χ2n) is 1.89. The molecule has 0 aliphatic carbocycles. The van der Waals surface area contributed by atoms with E-state index in [0.717, 1.165) is 0 Å². The van der Waals surface area contributed by atoms with Crippen molar-refractivity contribution in [3.8, 4) is 0 Å². The lowest BCUT2D eigenvalue weighted by Crippen LogP contribution is -2.13. The molecule has 0 aliphatic heterocycles. The van der Waals surface area contributed by atoms with Crippen LogP contribution in [0.5, 0.6) is 0 Å². The Kier molecular flexibility index (Phi) is 4.16. The predicted octanol–water partition coefficient (Wildman–Crippen LogP) is -1.22. The van der Waals surface area contributed by atoms with E-state index in [2.05, 4.69) is 15.4 Å². The fraction of sp³-hybridized carbons (Fsp3) is 0.750. The van der Waals surface area contributed by atoms with Crippen molar-refractivity contribution in [3.05, 3.63) is 5.82 Å². The van der Waals surface area contributed by atoms with Crippen LogP contribution in [-0.4, -0.2) is 31.9 Å². The molecule has 1 aromatic rings. The van der Waals surface area contributed by atoms with E-state index in [0.29, 0.717) is 0 Å². The Hall–Kier alpha value is -0.530. The van der Waals surface area contributed by atoms with Gasteiger partial charge < -0.3 is 10.8 Å². The van der Waals surface area contributed by atoms with Gasteiger partial charge in [-0.25, -0.2) is 0 Å². The van der Waals surface area contributed by atoms with Gasteiger partial charge in [-0.15, -0.1) is 27.2 Å². The van der Waals surface area contributed by atoms with Crippen molar-refractivity contribution in [1.82, 2.24) is 20.2 Å². The highest BCUT2D eigenvalue weighted by atomic mass is 79.9. The molecular weight excluding hydrogens is 214 g/mol. The molecule has 0 spiro atoms. The largest absolute Gasteiger partial charge is 0.384 e. The summed E-state index contributed by atoms with van der Waals surface area (Å²) in [5, 5.41) is 19.9. The van der Waals surface area contributed by atoms with Crippen LogP contribution in [-0.2, 0) is 7.05 Å². The van der Waals surface area contributed by atoms with Crippen LogP contribution >= 0.6 is 17.0 Å². The van der Waals surface area contributed by atoms with Crippen LogP contribution in [0.3, 0.4) is 0 Å². The molecule has 1 rings (SSSR count). The van der Waals surface area contributed by atoms with Gasteiger partial charge in [0.25, 0.3) is 0 Å². The Balaban J connectivity index is 0.000001000. The molecule has 1 heterocycles. The van der Waals surface area contributed by atoms with Crippen LogP contribution < -0.4 is 5.73 Å². The monoisotopic (exact) mass is 223 g/mol. The Morgan fingerprint density at radius 1 is 1.73 bits per heavy atom. The molecule has 0 radical (unpaired) electrons. The van der Waals surface area contributed by atoms with Crippen LogP contribution in [0, 0.1) is 0 Å². The van der Waals surface area contributed by atoms with Gasteiger partial charge in [0.15, 0.2) is 0 Å². The molecule has 1 atom stereocenters. The molecule has 0 aliphatic rings. The third kappa shape index (κ3) is 2.52. The van der Waals surface area contributed by atoms with Gasteiger partial charge in [0.05, 0.1) is 7.05 Å². The van der Waals surface area contributed by atoms with E-state index in [1.54, 1.807) is 7.05 Å². The standard InChI is InChI=1S/C4H9N5O.BrH/c1-9-7-4(6-8-9)3(10)2-5;/h3,10H,2,5H2,1H3;1H. The van der Waals surface area contributed by atoms with E-state index in [1.807, 2.05) is 0 Å². The van der Waals surface area contributed by atoms with E-state index >= 15 is 0 Å². The Labute approximate surface area is 74.2 Å². The first-order chi connectivity index (χ1) is 4.74. The predicted molar refractivity (Wildman–Crippen MR) is 43.1 cm³/mol. The molecule has 3 N–H and O–H groups in total. The zero-order valence-corrected chi connectivity index (χ0v) is 7.72. The fourth-order valence-electron chi connectivity index (χ4n) is 0.538. The van der Waals surface area contributed by atoms with Crippen molar-refractivity contribution in [2.45, 2.75) is 6.10 Å². The van der Waals surface area contributed by atoms with Gasteiger partial charge in [-0.3, -0.25) is 0 Å². The molecule has 64 valence electrons. The minimum atomic E-state index is -0.798. The average Bonchev–Trinajstić information content (AvgIpc) is 2.34. The van der Waals surface area contributed by atoms with Gasteiger partial charge in [-0.1, -0.05) is 0 Å². The summed E-state index contributed by atoms with van der Waals surface area (Å²) >= 11 is 0. The second-order valence-corrected chi connectivity index (χ2v) is 1.89. The fourth-order valence-corrected chi connectivity index (χ4v) is 0.538. The van der Waals surface area contributed by atoms with Crippen molar-refractivity contribution in [1.29, 1.82) is 0 Å². The molecule has 0 bridgehead atoms. The Bertz CT molecular complexity index is 214. The lowest BCUT2D eigenvalue weighted by Gasteiger charge is -1.97. The SMILES string of the molecule is Br.Cn1nnc(C(O)CN)n1.